The molecular formula is C67H78F6N4O3S5. The lowest BCUT2D eigenvalue weighted by Gasteiger charge is -2.18. The lowest BCUT2D eigenvalue weighted by Crippen LogP contribution is -2.24. The van der Waals surface area contributed by atoms with Gasteiger partial charge in [-0.25, -0.2) is 0 Å². The number of thiophene rings is 3. The standard InChI is InChI=1S/C46H50F4N4O2S4.C21H28F2OS/c1-3-5-7-9-11-13-15-29-45(47,48)55-33-21-17-31(18-22-33)35-25-27-37(57-35)39-41-43(53-59-51-41)40(44-42(39)52-60-54-44)38-28-26-36(58-38)32-19-23-34(24-20-32)56-46(49,50)30-16-14-12-10-8-6-4-2;1-3-4-5-6-7-8-9-16-21(22,23)24-19-13-11-18(12-14-19)20-15-10-17(2)25-20/h17-28H,3-16,29-30H2,1-2H3;10-15H,3-9,16H2,1-2H3. The van der Waals surface area contributed by atoms with Gasteiger partial charge in [0.1, 0.15) is 39.7 Å². The molecule has 0 N–H and O–H groups in total. The third kappa shape index (κ3) is 19.8. The number of hydrogen-bond donors (Lipinski definition) is 0. The number of halogens is 6. The lowest BCUT2D eigenvalue weighted by molar-refractivity contribution is -0.182. The van der Waals surface area contributed by atoms with Crippen LogP contribution in [0.25, 0.3) is 63.2 Å². The zero-order valence-electron chi connectivity index (χ0n) is 49.2. The average molecular weight is 1260 g/mol. The normalized spacial score (nSPS) is 12.4. The molecule has 4 aromatic heterocycles. The van der Waals surface area contributed by atoms with Gasteiger partial charge < -0.3 is 14.2 Å². The van der Waals surface area contributed by atoms with Crippen molar-refractivity contribution in [1.82, 2.24) is 8.75 Å². The van der Waals surface area contributed by atoms with E-state index in [1.807, 2.05) is 42.5 Å². The largest absolute Gasteiger partial charge is 0.433 e. The molecule has 456 valence electrons. The summed E-state index contributed by atoms with van der Waals surface area (Å²) in [6.45, 7) is 8.55. The first kappa shape index (κ1) is 65.6. The van der Waals surface area contributed by atoms with Crippen LogP contribution in [0, 0.1) is 6.92 Å². The van der Waals surface area contributed by atoms with Gasteiger partial charge in [0.05, 0.1) is 42.3 Å². The molecule has 85 heavy (non-hydrogen) atoms. The fourth-order valence-electron chi connectivity index (χ4n) is 10.2. The second kappa shape index (κ2) is 32.5. The Balaban J connectivity index is 0.000000314. The van der Waals surface area contributed by atoms with Gasteiger partial charge in [0.2, 0.25) is 0 Å². The quantitative estimate of drug-likeness (QED) is 0.0292. The van der Waals surface area contributed by atoms with Gasteiger partial charge >= 0.3 is 18.3 Å². The molecule has 0 bridgehead atoms. The van der Waals surface area contributed by atoms with Gasteiger partial charge in [0, 0.05) is 40.4 Å². The Hall–Kier alpha value is -5.40. The molecule has 0 radical (unpaired) electrons. The van der Waals surface area contributed by atoms with Crippen LogP contribution in [-0.2, 0) is 11.4 Å². The summed E-state index contributed by atoms with van der Waals surface area (Å²) < 4.78 is 121. The summed E-state index contributed by atoms with van der Waals surface area (Å²) >= 11 is 7.07. The number of hydrogen-bond acceptors (Lipinski definition) is 11. The van der Waals surface area contributed by atoms with Crippen LogP contribution < -0.4 is 14.2 Å². The van der Waals surface area contributed by atoms with E-state index in [2.05, 4.69) is 33.8 Å². The number of rotatable bonds is 35. The van der Waals surface area contributed by atoms with Gasteiger partial charge in [0.25, 0.3) is 0 Å². The van der Waals surface area contributed by atoms with Crippen LogP contribution in [0.3, 0.4) is 0 Å². The molecule has 0 unspecified atom stereocenters. The lowest BCUT2D eigenvalue weighted by atomic mass is 10.0. The van der Waals surface area contributed by atoms with Crippen molar-refractivity contribution in [3.05, 3.63) is 114 Å². The second-order valence-electron chi connectivity index (χ2n) is 21.8. The van der Waals surface area contributed by atoms with Crippen LogP contribution in [0.2, 0.25) is 0 Å². The van der Waals surface area contributed by atoms with Crippen LogP contribution in [0.1, 0.15) is 180 Å². The first-order valence-electron chi connectivity index (χ1n) is 30.3. The average Bonchev–Trinajstić information content (AvgIpc) is 1.90. The Bertz CT molecular complexity index is 3210. The molecule has 4 aromatic carbocycles. The first-order chi connectivity index (χ1) is 41.1. The first-order valence-corrected chi connectivity index (χ1v) is 34.2. The Labute approximate surface area is 517 Å². The third-order valence-corrected chi connectivity index (χ3v) is 19.2. The van der Waals surface area contributed by atoms with Crippen molar-refractivity contribution in [2.24, 2.45) is 8.73 Å². The molecule has 0 aliphatic carbocycles. The van der Waals surface area contributed by atoms with E-state index in [0.717, 1.165) is 168 Å². The molecule has 1 aliphatic rings. The summed E-state index contributed by atoms with van der Waals surface area (Å²) in [6.07, 6.45) is 10.5. The van der Waals surface area contributed by atoms with Crippen molar-refractivity contribution in [1.29, 1.82) is 0 Å². The fourth-order valence-corrected chi connectivity index (χ4v) is 14.3. The molecule has 9 rings (SSSR count). The van der Waals surface area contributed by atoms with Gasteiger partial charge in [-0.2, -0.15) is 43.8 Å². The Morgan fingerprint density at radius 2 is 0.647 bits per heavy atom. The molecule has 8 aromatic rings. The van der Waals surface area contributed by atoms with Gasteiger partial charge in [-0.1, -0.05) is 136 Å². The predicted octanol–water partition coefficient (Wildman–Crippen LogP) is 25.3. The number of fused-ring (bicyclic) bond motifs is 2. The molecule has 0 spiro atoms. The summed E-state index contributed by atoms with van der Waals surface area (Å²) in [5.74, 6) is 0.507. The Morgan fingerprint density at radius 1 is 0.353 bits per heavy atom. The van der Waals surface area contributed by atoms with Gasteiger partial charge in [-0.05, 0) is 152 Å². The number of aromatic nitrogens is 2. The maximum atomic E-state index is 14.6. The number of benzene rings is 4. The van der Waals surface area contributed by atoms with Crippen molar-refractivity contribution < 1.29 is 40.6 Å². The van der Waals surface area contributed by atoms with E-state index < -0.39 is 18.3 Å². The van der Waals surface area contributed by atoms with Crippen molar-refractivity contribution in [3.63, 3.8) is 0 Å². The zero-order valence-corrected chi connectivity index (χ0v) is 53.3. The van der Waals surface area contributed by atoms with Crippen molar-refractivity contribution in [3.8, 4) is 69.5 Å². The second-order valence-corrected chi connectivity index (χ2v) is 26.3. The van der Waals surface area contributed by atoms with Crippen molar-refractivity contribution in [2.45, 2.75) is 200 Å². The summed E-state index contributed by atoms with van der Waals surface area (Å²) in [6, 6.07) is 32.7. The highest BCUT2D eigenvalue weighted by Crippen LogP contribution is 2.55. The van der Waals surface area contributed by atoms with E-state index in [1.165, 1.54) is 49.8 Å². The minimum Gasteiger partial charge on any atom is -0.433 e. The number of aryl methyl sites for hydroxylation is 1. The topological polar surface area (TPSA) is 78.2 Å². The minimum absolute atomic E-state index is 0.140. The van der Waals surface area contributed by atoms with Gasteiger partial charge in [-0.15, -0.1) is 34.0 Å². The summed E-state index contributed by atoms with van der Waals surface area (Å²) in [7, 11) is 0. The summed E-state index contributed by atoms with van der Waals surface area (Å²) in [5.41, 5.74) is 7.40. The number of unbranched alkanes of at least 4 members (excludes halogenated alkanes) is 18. The zero-order chi connectivity index (χ0) is 60.1. The number of ether oxygens (including phenoxy) is 3. The van der Waals surface area contributed by atoms with Crippen LogP contribution >= 0.6 is 45.7 Å². The highest BCUT2D eigenvalue weighted by atomic mass is 32.1. The third-order valence-electron chi connectivity index (χ3n) is 14.8. The molecule has 5 heterocycles. The fraction of sp³-hybridized carbons (Fsp3) is 0.463. The van der Waals surface area contributed by atoms with Gasteiger partial charge in [0.15, 0.2) is 0 Å². The van der Waals surface area contributed by atoms with E-state index in [0.29, 0.717) is 19.3 Å². The maximum absolute atomic E-state index is 14.6. The monoisotopic (exact) mass is 1260 g/mol. The molecular weight excluding hydrogens is 1180 g/mol. The molecule has 1 aliphatic heterocycles. The van der Waals surface area contributed by atoms with E-state index in [4.69, 9.17) is 31.7 Å². The Morgan fingerprint density at radius 3 is 0.965 bits per heavy atom. The van der Waals surface area contributed by atoms with E-state index in [1.54, 1.807) is 94.7 Å². The van der Waals surface area contributed by atoms with Crippen molar-refractivity contribution in [2.75, 3.05) is 0 Å². The van der Waals surface area contributed by atoms with E-state index >= 15 is 0 Å². The van der Waals surface area contributed by atoms with E-state index in [9.17, 15) is 26.3 Å². The highest BCUT2D eigenvalue weighted by molar-refractivity contribution is 7.58. The molecule has 0 saturated carbocycles. The number of alkyl halides is 6. The van der Waals surface area contributed by atoms with Crippen LogP contribution in [0.4, 0.5) is 37.7 Å². The smallest absolute Gasteiger partial charge is 0.397 e. The molecule has 7 nitrogen and oxygen atoms in total. The summed E-state index contributed by atoms with van der Waals surface area (Å²) in [4.78, 5) is 6.17. The van der Waals surface area contributed by atoms with E-state index in [-0.39, 0.29) is 36.5 Å². The molecule has 0 atom stereocenters. The number of nitrogens with zero attached hydrogens (tertiary/aromatic N) is 4. The van der Waals surface area contributed by atoms with Crippen LogP contribution in [0.15, 0.2) is 118 Å². The Kier molecular flexibility index (Phi) is 25.1. The highest BCUT2D eigenvalue weighted by Gasteiger charge is 2.33. The minimum atomic E-state index is -3.21. The molecule has 18 heteroatoms. The molecule has 0 fully saturated rings. The predicted molar refractivity (Wildman–Crippen MR) is 346 cm³/mol. The van der Waals surface area contributed by atoms with Crippen LogP contribution in [0.5, 0.6) is 17.2 Å². The maximum Gasteiger partial charge on any atom is 0.397 e. The SMILES string of the molecule is CCCCCCCCCC(F)(F)Oc1ccc(-c2ccc(-c3c4c(c(-c5ccc(-c6ccc(OC(F)(F)CCCCCCCCC)cc6)s5)c5nsnc35)N=S=N4)s2)cc1.CCCCCCCCCC(F)(F)Oc1ccc(-c2ccc(C)s2)cc1. The van der Waals surface area contributed by atoms with Crippen LogP contribution in [-0.4, -0.2) is 27.1 Å². The van der Waals surface area contributed by atoms with Gasteiger partial charge in [-0.3, -0.25) is 0 Å². The summed E-state index contributed by atoms with van der Waals surface area (Å²) in [5, 5.41) is 0. The van der Waals surface area contributed by atoms with Crippen molar-refractivity contribution >= 4 is 79.5 Å². The molecule has 0 saturated heterocycles. The molecule has 0 amide bonds.